The smallest absolute Gasteiger partial charge is 0.203 e. The molecule has 0 aromatic carbocycles. The van der Waals surface area contributed by atoms with Gasteiger partial charge in [0.2, 0.25) is 5.78 Å². The molecule has 0 spiro atoms. The number of carbonyl (C=O) groups is 2. The van der Waals surface area contributed by atoms with Crippen molar-refractivity contribution in [2.45, 2.75) is 12.1 Å². The van der Waals surface area contributed by atoms with E-state index < -0.39 is 23.7 Å². The molecule has 5 heteroatoms. The first kappa shape index (κ1) is 7.74. The Labute approximate surface area is 62.3 Å². The van der Waals surface area contributed by atoms with Gasteiger partial charge in [-0.2, -0.15) is 0 Å². The summed E-state index contributed by atoms with van der Waals surface area (Å²) >= 11 is 0. The molecule has 1 atom stereocenters. The minimum atomic E-state index is -1.84. The predicted octanol–water partition coefficient (Wildman–Crippen LogP) is -1.16. The van der Waals surface area contributed by atoms with Gasteiger partial charge in [0.05, 0.1) is 6.42 Å². The van der Waals surface area contributed by atoms with Crippen molar-refractivity contribution in [1.29, 1.82) is 0 Å². The summed E-state index contributed by atoms with van der Waals surface area (Å²) in [5.41, 5.74) is -1.84. The molecule has 0 aromatic rings. The van der Waals surface area contributed by atoms with E-state index in [0.29, 0.717) is 0 Å². The Morgan fingerprint density at radius 3 is 2.82 bits per heavy atom. The van der Waals surface area contributed by atoms with Crippen LogP contribution in [0.2, 0.25) is 0 Å². The van der Waals surface area contributed by atoms with Crippen LogP contribution in [0.1, 0.15) is 6.42 Å². The number of aliphatic hydroxyl groups excluding tert-OH is 1. The molecule has 1 unspecified atom stereocenters. The summed E-state index contributed by atoms with van der Waals surface area (Å²) in [6.45, 7) is 0. The quantitative estimate of drug-likeness (QED) is 0.418. The molecule has 1 rings (SSSR count). The highest BCUT2D eigenvalue weighted by molar-refractivity contribution is 5.96. The van der Waals surface area contributed by atoms with Gasteiger partial charge in [-0.1, -0.05) is 0 Å². The second-order valence-corrected chi connectivity index (χ2v) is 2.32. The van der Waals surface area contributed by atoms with Gasteiger partial charge in [0.15, 0.2) is 17.8 Å². The molecular formula is C6H7NO4. The second-order valence-electron chi connectivity index (χ2n) is 2.32. The molecule has 0 saturated carbocycles. The molecule has 0 aromatic heterocycles. The first-order valence-electron chi connectivity index (χ1n) is 2.96. The predicted molar refractivity (Wildman–Crippen MR) is 34.5 cm³/mol. The van der Waals surface area contributed by atoms with Crippen molar-refractivity contribution in [3.05, 3.63) is 12.0 Å². The number of carbonyl (C=O) groups excluding carboxylic acids is 2. The zero-order valence-electron chi connectivity index (χ0n) is 5.57. The maximum Gasteiger partial charge on any atom is 0.203 e. The van der Waals surface area contributed by atoms with Gasteiger partial charge in [-0.05, 0) is 0 Å². The van der Waals surface area contributed by atoms with E-state index in [9.17, 15) is 9.59 Å². The summed E-state index contributed by atoms with van der Waals surface area (Å²) in [7, 11) is 0. The lowest BCUT2D eigenvalue weighted by atomic mass is 10.0. The van der Waals surface area contributed by atoms with Gasteiger partial charge in [0.25, 0.3) is 0 Å². The van der Waals surface area contributed by atoms with Gasteiger partial charge >= 0.3 is 0 Å². The van der Waals surface area contributed by atoms with Gasteiger partial charge in [-0.3, -0.25) is 9.59 Å². The number of hydrogen-bond acceptors (Lipinski definition) is 5. The molecule has 1 aliphatic rings. The normalized spacial score (nSPS) is 30.6. The van der Waals surface area contributed by atoms with Crippen LogP contribution in [0.15, 0.2) is 12.0 Å². The summed E-state index contributed by atoms with van der Waals surface area (Å²) in [5, 5.41) is 20.0. The number of allylic oxidation sites excluding steroid dienone is 1. The first-order valence-corrected chi connectivity index (χ1v) is 2.96. The third-order valence-electron chi connectivity index (χ3n) is 1.37. The van der Waals surface area contributed by atoms with Crippen LogP contribution in [0, 0.1) is 0 Å². The molecular weight excluding hydrogens is 150 g/mol. The van der Waals surface area contributed by atoms with E-state index in [-0.39, 0.29) is 6.29 Å². The molecule has 0 saturated heterocycles. The van der Waals surface area contributed by atoms with Gasteiger partial charge in [0.1, 0.15) is 0 Å². The first-order chi connectivity index (χ1) is 5.07. The van der Waals surface area contributed by atoms with Gasteiger partial charge in [-0.15, -0.1) is 0 Å². The van der Waals surface area contributed by atoms with Gasteiger partial charge < -0.3 is 15.5 Å². The summed E-state index contributed by atoms with van der Waals surface area (Å²) in [5.74, 6) is -1.13. The van der Waals surface area contributed by atoms with E-state index in [1.807, 2.05) is 0 Å². The molecule has 0 radical (unpaired) electrons. The zero-order valence-corrected chi connectivity index (χ0v) is 5.57. The van der Waals surface area contributed by atoms with Crippen molar-refractivity contribution in [3.63, 3.8) is 0 Å². The number of nitrogens with one attached hydrogen (secondary N) is 1. The molecule has 0 aliphatic carbocycles. The number of ketones is 1. The zero-order chi connectivity index (χ0) is 8.48. The molecule has 0 amide bonds. The molecule has 3 N–H and O–H groups in total. The van der Waals surface area contributed by atoms with E-state index in [0.717, 1.165) is 6.20 Å². The second kappa shape index (κ2) is 2.35. The number of rotatable bonds is 1. The molecule has 60 valence electrons. The molecule has 11 heavy (non-hydrogen) atoms. The third kappa shape index (κ3) is 1.38. The van der Waals surface area contributed by atoms with E-state index in [1.54, 1.807) is 0 Å². The highest BCUT2D eigenvalue weighted by Gasteiger charge is 2.33. The van der Waals surface area contributed by atoms with E-state index >= 15 is 0 Å². The molecule has 5 nitrogen and oxygen atoms in total. The summed E-state index contributed by atoms with van der Waals surface area (Å²) in [4.78, 5) is 20.8. The number of aliphatic hydroxyl groups is 2. The molecule has 1 aliphatic heterocycles. The van der Waals surface area contributed by atoms with Crippen LogP contribution in [0.3, 0.4) is 0 Å². The Kier molecular flexibility index (Phi) is 1.66. The summed E-state index contributed by atoms with van der Waals surface area (Å²) < 4.78 is 0. The van der Waals surface area contributed by atoms with Crippen molar-refractivity contribution >= 4 is 12.1 Å². The van der Waals surface area contributed by atoms with Crippen LogP contribution in [-0.2, 0) is 9.59 Å². The Morgan fingerprint density at radius 2 is 2.36 bits per heavy atom. The lowest BCUT2D eigenvalue weighted by molar-refractivity contribution is -0.136. The number of aldehydes is 1. The lowest BCUT2D eigenvalue weighted by Crippen LogP contribution is -2.48. The Morgan fingerprint density at radius 1 is 1.73 bits per heavy atom. The standard InChI is InChI=1S/C6H7NO4/c8-3-6(11)1-4(9)5(10)2-7-6/h2-3,7,10-11H,1H2. The van der Waals surface area contributed by atoms with Crippen LogP contribution in [0.4, 0.5) is 0 Å². The van der Waals surface area contributed by atoms with Crippen LogP contribution in [0.25, 0.3) is 0 Å². The van der Waals surface area contributed by atoms with Gasteiger partial charge in [-0.25, -0.2) is 0 Å². The monoisotopic (exact) mass is 157 g/mol. The van der Waals surface area contributed by atoms with Crippen LogP contribution in [0.5, 0.6) is 0 Å². The Hall–Kier alpha value is -1.36. The van der Waals surface area contributed by atoms with E-state index in [4.69, 9.17) is 10.2 Å². The third-order valence-corrected chi connectivity index (χ3v) is 1.37. The van der Waals surface area contributed by atoms with E-state index in [1.165, 1.54) is 0 Å². The summed E-state index contributed by atoms with van der Waals surface area (Å²) in [6, 6.07) is 0. The largest absolute Gasteiger partial charge is 0.503 e. The highest BCUT2D eigenvalue weighted by atomic mass is 16.3. The fraction of sp³-hybridized carbons (Fsp3) is 0.333. The average Bonchev–Trinajstić information content (AvgIpc) is 1.98. The fourth-order valence-corrected chi connectivity index (χ4v) is 0.736. The van der Waals surface area contributed by atoms with Crippen LogP contribution < -0.4 is 5.32 Å². The number of Topliss-reactive ketones (excluding diaryl/α,β-unsaturated/α-hetero) is 1. The van der Waals surface area contributed by atoms with Crippen LogP contribution >= 0.6 is 0 Å². The maximum atomic E-state index is 10.7. The van der Waals surface area contributed by atoms with Crippen LogP contribution in [-0.4, -0.2) is 28.0 Å². The SMILES string of the molecule is O=CC1(O)CC(=O)C(O)=CN1. The van der Waals surface area contributed by atoms with Crippen molar-refractivity contribution < 1.29 is 19.8 Å². The number of hydrogen-bond donors (Lipinski definition) is 3. The molecule has 0 bridgehead atoms. The molecule has 1 heterocycles. The van der Waals surface area contributed by atoms with E-state index in [2.05, 4.69) is 5.32 Å². The molecule has 0 fully saturated rings. The van der Waals surface area contributed by atoms with Crippen molar-refractivity contribution in [2.24, 2.45) is 0 Å². The average molecular weight is 157 g/mol. The highest BCUT2D eigenvalue weighted by Crippen LogP contribution is 2.12. The maximum absolute atomic E-state index is 10.7. The topological polar surface area (TPSA) is 86.6 Å². The van der Waals surface area contributed by atoms with Crippen molar-refractivity contribution in [3.8, 4) is 0 Å². The Bertz CT molecular complexity index is 235. The minimum absolute atomic E-state index is 0.216. The van der Waals surface area contributed by atoms with Crippen molar-refractivity contribution in [1.82, 2.24) is 5.32 Å². The minimum Gasteiger partial charge on any atom is -0.503 e. The fourth-order valence-electron chi connectivity index (χ4n) is 0.736. The Balaban J connectivity index is 2.85. The summed E-state index contributed by atoms with van der Waals surface area (Å²) in [6.07, 6.45) is 0.687. The van der Waals surface area contributed by atoms with Crippen molar-refractivity contribution in [2.75, 3.05) is 0 Å². The van der Waals surface area contributed by atoms with Gasteiger partial charge in [0, 0.05) is 6.20 Å². The lowest BCUT2D eigenvalue weighted by Gasteiger charge is -2.24.